The molecule has 0 saturated carbocycles. The maximum Gasteiger partial charge on any atom is 0.141 e. The molecule has 1 heterocycles. The van der Waals surface area contributed by atoms with Crippen molar-refractivity contribution in [2.45, 2.75) is 10.6 Å². The van der Waals surface area contributed by atoms with Crippen molar-refractivity contribution < 1.29 is 4.39 Å². The fraction of sp³-hybridized carbons (Fsp3) is 0.0667. The van der Waals surface area contributed by atoms with Gasteiger partial charge in [-0.3, -0.25) is 0 Å². The number of anilines is 1. The first-order valence-electron chi connectivity index (χ1n) is 6.12. The second-order valence-electron chi connectivity index (χ2n) is 4.28. The predicted octanol–water partition coefficient (Wildman–Crippen LogP) is 3.64. The Balaban J connectivity index is 1.82. The topological polar surface area (TPSA) is 51.8 Å². The molecule has 0 aliphatic rings. The number of rotatable bonds is 3. The minimum atomic E-state index is -0.236. The zero-order valence-corrected chi connectivity index (χ0v) is 11.4. The molecule has 0 fully saturated rings. The van der Waals surface area contributed by atoms with Gasteiger partial charge in [0.15, 0.2) is 0 Å². The van der Waals surface area contributed by atoms with Crippen LogP contribution in [0.1, 0.15) is 5.82 Å². The van der Waals surface area contributed by atoms with Crippen LogP contribution in [0.25, 0.3) is 10.9 Å². The van der Waals surface area contributed by atoms with Crippen molar-refractivity contribution in [3.05, 3.63) is 60.2 Å². The number of para-hydroxylation sites is 1. The van der Waals surface area contributed by atoms with Gasteiger partial charge in [0.2, 0.25) is 0 Å². The smallest absolute Gasteiger partial charge is 0.141 e. The summed E-state index contributed by atoms with van der Waals surface area (Å²) in [6.07, 6.45) is 0. The minimum absolute atomic E-state index is 0.236. The number of nitrogens with two attached hydrogens (primary N) is 1. The number of fused-ring (bicyclic) bond motifs is 1. The number of nitrogens with zero attached hydrogens (tertiary/aromatic N) is 2. The molecular formula is C15H12FN3S. The number of halogens is 1. The first kappa shape index (κ1) is 12.9. The summed E-state index contributed by atoms with van der Waals surface area (Å²) in [5, 5.41) is 0.864. The van der Waals surface area contributed by atoms with Crippen LogP contribution < -0.4 is 5.73 Å². The molecule has 100 valence electrons. The Hall–Kier alpha value is -2.14. The average molecular weight is 285 g/mol. The lowest BCUT2D eigenvalue weighted by atomic mass is 10.2. The molecular weight excluding hydrogens is 273 g/mol. The van der Waals surface area contributed by atoms with Gasteiger partial charge < -0.3 is 5.73 Å². The molecule has 2 N–H and O–H groups in total. The van der Waals surface area contributed by atoms with Crippen LogP contribution in [0.4, 0.5) is 10.2 Å². The van der Waals surface area contributed by atoms with Crippen LogP contribution in [0.5, 0.6) is 0 Å². The van der Waals surface area contributed by atoms with Gasteiger partial charge in [-0.25, -0.2) is 14.4 Å². The maximum atomic E-state index is 12.8. The third-order valence-corrected chi connectivity index (χ3v) is 3.87. The molecule has 0 saturated heterocycles. The van der Waals surface area contributed by atoms with Crippen LogP contribution in [0.2, 0.25) is 0 Å². The van der Waals surface area contributed by atoms with Gasteiger partial charge in [-0.1, -0.05) is 12.1 Å². The van der Waals surface area contributed by atoms with Crippen molar-refractivity contribution in [3.63, 3.8) is 0 Å². The van der Waals surface area contributed by atoms with E-state index in [1.165, 1.54) is 12.1 Å². The normalized spacial score (nSPS) is 10.8. The highest BCUT2D eigenvalue weighted by Gasteiger charge is 2.05. The molecule has 3 rings (SSSR count). The third kappa shape index (κ3) is 2.72. The second kappa shape index (κ2) is 5.46. The van der Waals surface area contributed by atoms with Crippen molar-refractivity contribution in [2.75, 3.05) is 5.73 Å². The van der Waals surface area contributed by atoms with E-state index in [1.807, 2.05) is 24.3 Å². The first-order valence-corrected chi connectivity index (χ1v) is 7.10. The minimum Gasteiger partial charge on any atom is -0.383 e. The van der Waals surface area contributed by atoms with Crippen LogP contribution >= 0.6 is 11.8 Å². The van der Waals surface area contributed by atoms with E-state index in [0.29, 0.717) is 17.4 Å². The van der Waals surface area contributed by atoms with Crippen molar-refractivity contribution in [1.29, 1.82) is 0 Å². The quantitative estimate of drug-likeness (QED) is 0.746. The highest BCUT2D eigenvalue weighted by Crippen LogP contribution is 2.24. The molecule has 2 aromatic carbocycles. The molecule has 0 aliphatic heterocycles. The molecule has 0 spiro atoms. The highest BCUT2D eigenvalue weighted by atomic mass is 32.2. The third-order valence-electron chi connectivity index (χ3n) is 2.86. The average Bonchev–Trinajstić information content (AvgIpc) is 2.47. The van der Waals surface area contributed by atoms with Crippen LogP contribution in [0.3, 0.4) is 0 Å². The molecule has 3 nitrogen and oxygen atoms in total. The van der Waals surface area contributed by atoms with E-state index in [2.05, 4.69) is 9.97 Å². The number of nitrogen functional groups attached to an aromatic ring is 1. The molecule has 0 aliphatic carbocycles. The maximum absolute atomic E-state index is 12.8. The van der Waals surface area contributed by atoms with Gasteiger partial charge in [0.1, 0.15) is 17.5 Å². The monoisotopic (exact) mass is 285 g/mol. The van der Waals surface area contributed by atoms with E-state index >= 15 is 0 Å². The molecule has 0 unspecified atom stereocenters. The lowest BCUT2D eigenvalue weighted by molar-refractivity contribution is 0.626. The standard InChI is InChI=1S/C15H12FN3S/c16-10-5-7-11(8-6-10)20-9-14-18-13-4-2-1-3-12(13)15(17)19-14/h1-8H,9H2,(H2,17,18,19). The molecule has 0 amide bonds. The molecule has 0 bridgehead atoms. The Bertz CT molecular complexity index is 744. The fourth-order valence-electron chi connectivity index (χ4n) is 1.89. The van der Waals surface area contributed by atoms with Crippen molar-refractivity contribution in [2.24, 2.45) is 0 Å². The summed E-state index contributed by atoms with van der Waals surface area (Å²) in [6.45, 7) is 0. The summed E-state index contributed by atoms with van der Waals surface area (Å²) in [5.74, 6) is 1.53. The van der Waals surface area contributed by atoms with Crippen LogP contribution in [0, 0.1) is 5.82 Å². The van der Waals surface area contributed by atoms with Gasteiger partial charge in [-0.15, -0.1) is 11.8 Å². The Morgan fingerprint density at radius 2 is 1.75 bits per heavy atom. The Morgan fingerprint density at radius 1 is 1.00 bits per heavy atom. The molecule has 0 atom stereocenters. The summed E-state index contributed by atoms with van der Waals surface area (Å²) in [7, 11) is 0. The summed E-state index contributed by atoms with van der Waals surface area (Å²) in [4.78, 5) is 9.76. The predicted molar refractivity (Wildman–Crippen MR) is 79.9 cm³/mol. The highest BCUT2D eigenvalue weighted by molar-refractivity contribution is 7.98. The van der Waals surface area contributed by atoms with Crippen LogP contribution in [-0.2, 0) is 5.75 Å². The van der Waals surface area contributed by atoms with E-state index in [0.717, 1.165) is 15.8 Å². The lowest BCUT2D eigenvalue weighted by Gasteiger charge is -2.05. The number of hydrogen-bond acceptors (Lipinski definition) is 4. The van der Waals surface area contributed by atoms with Gasteiger partial charge in [-0.2, -0.15) is 0 Å². The van der Waals surface area contributed by atoms with E-state index in [9.17, 15) is 4.39 Å². The Labute approximate surface area is 120 Å². The molecule has 3 aromatic rings. The van der Waals surface area contributed by atoms with Gasteiger partial charge >= 0.3 is 0 Å². The largest absolute Gasteiger partial charge is 0.383 e. The number of thioether (sulfide) groups is 1. The Kier molecular flexibility index (Phi) is 3.52. The Morgan fingerprint density at radius 3 is 2.55 bits per heavy atom. The number of hydrogen-bond donors (Lipinski definition) is 1. The van der Waals surface area contributed by atoms with Gasteiger partial charge in [-0.05, 0) is 36.4 Å². The fourth-order valence-corrected chi connectivity index (χ4v) is 2.65. The molecule has 1 aromatic heterocycles. The van der Waals surface area contributed by atoms with Crippen molar-refractivity contribution in [1.82, 2.24) is 9.97 Å². The van der Waals surface area contributed by atoms with Gasteiger partial charge in [0, 0.05) is 10.3 Å². The summed E-state index contributed by atoms with van der Waals surface area (Å²) >= 11 is 1.55. The number of benzene rings is 2. The van der Waals surface area contributed by atoms with Crippen LogP contribution in [-0.4, -0.2) is 9.97 Å². The van der Waals surface area contributed by atoms with Crippen LogP contribution in [0.15, 0.2) is 53.4 Å². The van der Waals surface area contributed by atoms with Gasteiger partial charge in [0.05, 0.1) is 11.3 Å². The van der Waals surface area contributed by atoms with Crippen molar-refractivity contribution in [3.8, 4) is 0 Å². The lowest BCUT2D eigenvalue weighted by Crippen LogP contribution is -1.99. The summed E-state index contributed by atoms with van der Waals surface area (Å²) < 4.78 is 12.8. The SMILES string of the molecule is Nc1nc(CSc2ccc(F)cc2)nc2ccccc12. The van der Waals surface area contributed by atoms with E-state index < -0.39 is 0 Å². The molecule has 20 heavy (non-hydrogen) atoms. The van der Waals surface area contributed by atoms with Gasteiger partial charge in [0.25, 0.3) is 0 Å². The zero-order chi connectivity index (χ0) is 13.9. The summed E-state index contributed by atoms with van der Waals surface area (Å²) in [5.41, 5.74) is 6.78. The van der Waals surface area contributed by atoms with Crippen molar-refractivity contribution >= 4 is 28.5 Å². The molecule has 0 radical (unpaired) electrons. The summed E-state index contributed by atoms with van der Waals surface area (Å²) in [6, 6.07) is 14.0. The second-order valence-corrected chi connectivity index (χ2v) is 5.33. The number of aromatic nitrogens is 2. The first-order chi connectivity index (χ1) is 9.72. The van der Waals surface area contributed by atoms with E-state index in [4.69, 9.17) is 5.73 Å². The zero-order valence-electron chi connectivity index (χ0n) is 10.6. The van der Waals surface area contributed by atoms with E-state index in [1.54, 1.807) is 23.9 Å². The van der Waals surface area contributed by atoms with E-state index in [-0.39, 0.29) is 5.82 Å². The molecule has 5 heteroatoms.